The van der Waals surface area contributed by atoms with Gasteiger partial charge >= 0.3 is 5.97 Å². The third-order valence-electron chi connectivity index (χ3n) is 8.27. The zero-order valence-corrected chi connectivity index (χ0v) is 28.7. The summed E-state index contributed by atoms with van der Waals surface area (Å²) >= 11 is 1.55. The normalized spacial score (nSPS) is 12.6. The van der Waals surface area contributed by atoms with Crippen LogP contribution in [0.3, 0.4) is 0 Å². The van der Waals surface area contributed by atoms with Gasteiger partial charge in [-0.25, -0.2) is 4.79 Å². The topological polar surface area (TPSA) is 90.0 Å². The van der Waals surface area contributed by atoms with Crippen LogP contribution in [-0.4, -0.2) is 65.0 Å². The fraction of sp³-hybridized carbons (Fsp3) is 0.359. The number of carboxylic acids is 1. The van der Waals surface area contributed by atoms with Gasteiger partial charge in [-0.15, -0.1) is 0 Å². The second kappa shape index (κ2) is 17.7. The maximum absolute atomic E-state index is 13.4. The number of amides is 2. The molecule has 0 unspecified atom stereocenters. The summed E-state index contributed by atoms with van der Waals surface area (Å²) in [6.07, 6.45) is 3.79. The maximum Gasteiger partial charge on any atom is 0.326 e. The van der Waals surface area contributed by atoms with Gasteiger partial charge in [0.1, 0.15) is 6.04 Å². The summed E-state index contributed by atoms with van der Waals surface area (Å²) in [6, 6.07) is 31.6. The Kier molecular flexibility index (Phi) is 13.4. The van der Waals surface area contributed by atoms with Crippen LogP contribution >= 0.6 is 11.8 Å². The Bertz CT molecular complexity index is 1600. The van der Waals surface area contributed by atoms with E-state index in [2.05, 4.69) is 72.6 Å². The molecule has 8 heteroatoms. The molecule has 2 amide bonds. The van der Waals surface area contributed by atoms with E-state index in [1.807, 2.05) is 59.7 Å². The average Bonchev–Trinajstić information content (AvgIpc) is 3.04. The molecule has 0 aromatic heterocycles. The molecule has 0 fully saturated rings. The number of rotatable bonds is 17. The third kappa shape index (κ3) is 10.7. The third-order valence-corrected chi connectivity index (χ3v) is 8.91. The molecule has 7 nitrogen and oxygen atoms in total. The zero-order chi connectivity index (χ0) is 33.8. The molecule has 2 N–H and O–H groups in total. The Morgan fingerprint density at radius 3 is 2.17 bits per heavy atom. The molecule has 4 aromatic rings. The monoisotopic (exact) mass is 653 g/mol. The van der Waals surface area contributed by atoms with Crippen molar-refractivity contribution in [2.45, 2.75) is 58.7 Å². The van der Waals surface area contributed by atoms with Crippen LogP contribution in [0.1, 0.15) is 50.3 Å². The van der Waals surface area contributed by atoms with Crippen LogP contribution in [0.2, 0.25) is 0 Å². The minimum atomic E-state index is -1.04. The summed E-state index contributed by atoms with van der Waals surface area (Å²) in [7, 11) is 0. The average molecular weight is 654 g/mol. The van der Waals surface area contributed by atoms with Gasteiger partial charge < -0.3 is 15.3 Å². The first-order valence-electron chi connectivity index (χ1n) is 16.3. The largest absolute Gasteiger partial charge is 0.480 e. The highest BCUT2D eigenvalue weighted by atomic mass is 32.2. The van der Waals surface area contributed by atoms with Crippen LogP contribution in [-0.2, 0) is 27.3 Å². The molecule has 248 valence electrons. The molecule has 4 aromatic carbocycles. The van der Waals surface area contributed by atoms with Gasteiger partial charge in [-0.1, -0.05) is 98.8 Å². The molecule has 0 aliphatic carbocycles. The lowest BCUT2D eigenvalue weighted by Crippen LogP contribution is -2.50. The van der Waals surface area contributed by atoms with Gasteiger partial charge in [0.05, 0.1) is 6.54 Å². The second-order valence-electron chi connectivity index (χ2n) is 12.5. The molecule has 0 spiro atoms. The van der Waals surface area contributed by atoms with Crippen molar-refractivity contribution in [1.82, 2.24) is 10.2 Å². The van der Waals surface area contributed by atoms with E-state index in [1.54, 1.807) is 18.7 Å². The van der Waals surface area contributed by atoms with Crippen molar-refractivity contribution in [3.63, 3.8) is 0 Å². The lowest BCUT2D eigenvalue weighted by molar-refractivity contribution is -0.142. The number of fused-ring (bicyclic) bond motifs is 1. The lowest BCUT2D eigenvalue weighted by atomic mass is 9.99. The van der Waals surface area contributed by atoms with E-state index in [9.17, 15) is 19.5 Å². The van der Waals surface area contributed by atoms with Crippen LogP contribution in [0.15, 0.2) is 97.1 Å². The Hall–Kier alpha value is -4.14. The summed E-state index contributed by atoms with van der Waals surface area (Å²) in [5.41, 5.74) is 4.27. The molecule has 4 rings (SSSR count). The highest BCUT2D eigenvalue weighted by molar-refractivity contribution is 7.98. The van der Waals surface area contributed by atoms with Gasteiger partial charge in [0.25, 0.3) is 0 Å². The zero-order valence-electron chi connectivity index (χ0n) is 27.9. The number of benzene rings is 4. The van der Waals surface area contributed by atoms with Crippen molar-refractivity contribution in [2.24, 2.45) is 5.92 Å². The number of hydrogen-bond acceptors (Lipinski definition) is 5. The maximum atomic E-state index is 13.4. The summed E-state index contributed by atoms with van der Waals surface area (Å²) in [5, 5.41) is 14.7. The highest BCUT2D eigenvalue weighted by Gasteiger charge is 2.28. The second-order valence-corrected chi connectivity index (χ2v) is 13.5. The van der Waals surface area contributed by atoms with Crippen molar-refractivity contribution in [2.75, 3.05) is 30.0 Å². The quantitative estimate of drug-likeness (QED) is 0.127. The summed E-state index contributed by atoms with van der Waals surface area (Å²) in [6.45, 7) is 6.77. The first kappa shape index (κ1) is 35.7. The number of carbonyl (C=O) groups is 3. The number of anilines is 1. The van der Waals surface area contributed by atoms with E-state index >= 15 is 0 Å². The Morgan fingerprint density at radius 2 is 1.51 bits per heavy atom. The molecule has 0 heterocycles. The predicted molar refractivity (Wildman–Crippen MR) is 194 cm³/mol. The van der Waals surface area contributed by atoms with Crippen molar-refractivity contribution >= 4 is 46.0 Å². The van der Waals surface area contributed by atoms with Crippen LogP contribution in [0.25, 0.3) is 10.8 Å². The fourth-order valence-corrected chi connectivity index (χ4v) is 6.62. The van der Waals surface area contributed by atoms with Crippen LogP contribution in [0, 0.1) is 5.92 Å². The van der Waals surface area contributed by atoms with Gasteiger partial charge in [-0.05, 0) is 76.8 Å². The number of aliphatic carboxylic acids is 1. The molecular formula is C39H47N3O4S. The summed E-state index contributed by atoms with van der Waals surface area (Å²) in [4.78, 5) is 42.7. The number of nitrogens with one attached hydrogen (secondary N) is 1. The highest BCUT2D eigenvalue weighted by Crippen LogP contribution is 2.26. The van der Waals surface area contributed by atoms with E-state index in [0.29, 0.717) is 25.3 Å². The standard InChI is InChI=1S/C39H47N3O4S/c1-28(2)23-35(42(29(3)43)34-19-17-31(18-20-34)24-30-11-6-5-7-12-30)26-41(27-38(44)40-37(39(45)46)21-22-47-4)25-33-15-10-14-32-13-8-9-16-36(32)33/h5-20,28,35,37H,21-27H2,1-4H3,(H,40,44)(H,45,46)/t35-,37-/m0/s1. The van der Waals surface area contributed by atoms with E-state index in [-0.39, 0.29) is 30.3 Å². The molecule has 0 aliphatic rings. The van der Waals surface area contributed by atoms with E-state index in [4.69, 9.17) is 0 Å². The molecule has 0 aliphatic heterocycles. The van der Waals surface area contributed by atoms with E-state index in [0.717, 1.165) is 40.4 Å². The Balaban J connectivity index is 1.64. The van der Waals surface area contributed by atoms with E-state index in [1.165, 1.54) is 5.56 Å². The lowest BCUT2D eigenvalue weighted by Gasteiger charge is -2.36. The number of hydrogen-bond donors (Lipinski definition) is 2. The van der Waals surface area contributed by atoms with E-state index < -0.39 is 12.0 Å². The minimum absolute atomic E-state index is 0.00260. The predicted octanol–water partition coefficient (Wildman–Crippen LogP) is 7.02. The molecule has 2 atom stereocenters. The molecular weight excluding hydrogens is 607 g/mol. The van der Waals surface area contributed by atoms with Crippen LogP contribution < -0.4 is 10.2 Å². The molecule has 0 saturated carbocycles. The van der Waals surface area contributed by atoms with Crippen molar-refractivity contribution in [3.05, 3.63) is 114 Å². The Morgan fingerprint density at radius 1 is 0.851 bits per heavy atom. The van der Waals surface area contributed by atoms with Gasteiger partial charge in [-0.3, -0.25) is 14.5 Å². The molecule has 0 bridgehead atoms. The number of carboxylic acid groups (broad SMARTS) is 1. The van der Waals surface area contributed by atoms with Crippen molar-refractivity contribution < 1.29 is 19.5 Å². The Labute approximate surface area is 283 Å². The fourth-order valence-electron chi connectivity index (χ4n) is 6.15. The number of nitrogens with zero attached hydrogens (tertiary/aromatic N) is 2. The van der Waals surface area contributed by atoms with Crippen LogP contribution in [0.5, 0.6) is 0 Å². The molecule has 0 radical (unpaired) electrons. The van der Waals surface area contributed by atoms with Gasteiger partial charge in [0.15, 0.2) is 0 Å². The van der Waals surface area contributed by atoms with Crippen molar-refractivity contribution in [3.8, 4) is 0 Å². The molecule has 0 saturated heterocycles. The number of thioether (sulfide) groups is 1. The summed E-state index contributed by atoms with van der Waals surface area (Å²) < 4.78 is 0. The molecule has 47 heavy (non-hydrogen) atoms. The summed E-state index contributed by atoms with van der Waals surface area (Å²) in [5.74, 6) is -0.532. The van der Waals surface area contributed by atoms with Crippen molar-refractivity contribution in [1.29, 1.82) is 0 Å². The SMILES string of the molecule is CSCC[C@H](NC(=O)CN(Cc1cccc2ccccc12)C[C@H](CC(C)C)N(C(C)=O)c1ccc(Cc2ccccc2)cc1)C(=O)O. The van der Waals surface area contributed by atoms with Gasteiger partial charge in [0, 0.05) is 31.7 Å². The number of carbonyl (C=O) groups excluding carboxylic acids is 2. The van der Waals surface area contributed by atoms with Gasteiger partial charge in [-0.2, -0.15) is 11.8 Å². The van der Waals surface area contributed by atoms with Gasteiger partial charge in [0.2, 0.25) is 11.8 Å². The van der Waals surface area contributed by atoms with Crippen LogP contribution in [0.4, 0.5) is 5.69 Å². The first-order chi connectivity index (χ1) is 22.6. The first-order valence-corrected chi connectivity index (χ1v) is 17.7. The minimum Gasteiger partial charge on any atom is -0.480 e. The smallest absolute Gasteiger partial charge is 0.326 e.